The fourth-order valence-electron chi connectivity index (χ4n) is 3.93. The topological polar surface area (TPSA) is 94.8 Å². The van der Waals surface area contributed by atoms with E-state index in [0.29, 0.717) is 39.8 Å². The third-order valence-electron chi connectivity index (χ3n) is 6.25. The molecule has 0 bridgehead atoms. The van der Waals surface area contributed by atoms with Crippen molar-refractivity contribution in [3.05, 3.63) is 83.2 Å². The van der Waals surface area contributed by atoms with Crippen LogP contribution in [-0.4, -0.2) is 45.0 Å². The Morgan fingerprint density at radius 2 is 1.68 bits per heavy atom. The summed E-state index contributed by atoms with van der Waals surface area (Å²) in [4.78, 5) is 36.1. The van der Waals surface area contributed by atoms with Gasteiger partial charge in [0.2, 0.25) is 0 Å². The summed E-state index contributed by atoms with van der Waals surface area (Å²) >= 11 is 0. The van der Waals surface area contributed by atoms with Gasteiger partial charge in [-0.1, -0.05) is 18.2 Å². The van der Waals surface area contributed by atoms with Gasteiger partial charge in [-0.05, 0) is 86.3 Å². The van der Waals surface area contributed by atoms with Gasteiger partial charge < -0.3 is 19.2 Å². The Balaban J connectivity index is 0.000000663. The fourth-order valence-corrected chi connectivity index (χ4v) is 3.93. The first-order chi connectivity index (χ1) is 19.0. The van der Waals surface area contributed by atoms with E-state index in [1.807, 2.05) is 32.9 Å². The van der Waals surface area contributed by atoms with Crippen LogP contribution in [0.1, 0.15) is 53.5 Å². The van der Waals surface area contributed by atoms with Crippen molar-refractivity contribution in [1.82, 2.24) is 5.32 Å². The number of benzene rings is 3. The van der Waals surface area contributed by atoms with Gasteiger partial charge in [-0.2, -0.15) is 0 Å². The summed E-state index contributed by atoms with van der Waals surface area (Å²) in [7, 11) is 4.56. The Labute approximate surface area is 233 Å². The highest BCUT2D eigenvalue weighted by Gasteiger charge is 2.23. The second-order valence-corrected chi connectivity index (χ2v) is 10.0. The maximum absolute atomic E-state index is 13.5. The molecule has 0 unspecified atom stereocenters. The fraction of sp³-hybridized carbons (Fsp3) is 0.281. The van der Waals surface area contributed by atoms with Gasteiger partial charge in [0, 0.05) is 37.1 Å². The number of ether oxygens (including phenoxy) is 2. The Bertz CT molecular complexity index is 1500. The molecule has 1 aromatic heterocycles. The molecule has 4 rings (SSSR count). The molecule has 0 fully saturated rings. The lowest BCUT2D eigenvalue weighted by Gasteiger charge is -2.14. The average molecular weight is 548 g/mol. The molecule has 0 aliphatic rings. The van der Waals surface area contributed by atoms with E-state index in [4.69, 9.17) is 13.9 Å². The number of esters is 1. The number of rotatable bonds is 7. The van der Waals surface area contributed by atoms with Gasteiger partial charge in [-0.3, -0.25) is 14.4 Å². The van der Waals surface area contributed by atoms with Gasteiger partial charge in [-0.15, -0.1) is 0 Å². The molecule has 1 N–H and O–H groups in total. The van der Waals surface area contributed by atoms with Crippen LogP contribution in [0.3, 0.4) is 0 Å². The third kappa shape index (κ3) is 7.42. The van der Waals surface area contributed by atoms with Crippen molar-refractivity contribution in [2.24, 2.45) is 0 Å². The van der Waals surface area contributed by atoms with Gasteiger partial charge in [0.25, 0.3) is 5.91 Å². The van der Waals surface area contributed by atoms with Crippen LogP contribution in [0.5, 0.6) is 0 Å². The van der Waals surface area contributed by atoms with Gasteiger partial charge in [0.15, 0.2) is 0 Å². The molecule has 0 spiro atoms. The predicted octanol–water partition coefficient (Wildman–Crippen LogP) is 6.61. The molecule has 0 saturated carbocycles. The molecule has 3 aromatic carbocycles. The number of aldehydes is 1. The molecule has 1 amide bonds. The van der Waals surface area contributed by atoms with E-state index in [1.54, 1.807) is 43.5 Å². The van der Waals surface area contributed by atoms with Gasteiger partial charge >= 0.3 is 5.97 Å². The van der Waals surface area contributed by atoms with Crippen LogP contribution in [0.4, 0.5) is 4.39 Å². The van der Waals surface area contributed by atoms with Gasteiger partial charge in [0.1, 0.15) is 23.4 Å². The SMILES string of the molecule is CNC(=O)c1c(-c2ccc(F)cc2)oc2cc(CCC(=O)OC)c(-c3cccc(C=O)c3)cc12.COC(C)(C)C. The lowest BCUT2D eigenvalue weighted by Crippen LogP contribution is -2.18. The monoisotopic (exact) mass is 547 g/mol. The number of carbonyl (C=O) groups excluding carboxylic acids is 3. The number of hydrogen-bond acceptors (Lipinski definition) is 6. The van der Waals surface area contributed by atoms with Crippen molar-refractivity contribution in [3.8, 4) is 22.5 Å². The summed E-state index contributed by atoms with van der Waals surface area (Å²) in [5, 5.41) is 3.20. The molecule has 1 heterocycles. The molecule has 0 atom stereocenters. The lowest BCUT2D eigenvalue weighted by molar-refractivity contribution is -0.140. The number of amides is 1. The number of carbonyl (C=O) groups is 3. The number of methoxy groups -OCH3 is 2. The molecule has 210 valence electrons. The number of aryl methyl sites for hydroxylation is 1. The molecular formula is C32H34FNO6. The number of furan rings is 1. The third-order valence-corrected chi connectivity index (χ3v) is 6.25. The lowest BCUT2D eigenvalue weighted by atomic mass is 9.93. The highest BCUT2D eigenvalue weighted by atomic mass is 19.1. The Morgan fingerprint density at radius 1 is 1.00 bits per heavy atom. The number of fused-ring (bicyclic) bond motifs is 1. The minimum atomic E-state index is -0.399. The highest BCUT2D eigenvalue weighted by molar-refractivity contribution is 6.12. The summed E-state index contributed by atoms with van der Waals surface area (Å²) in [6, 6.07) is 16.4. The molecule has 7 nitrogen and oxygen atoms in total. The van der Waals surface area contributed by atoms with Crippen molar-refractivity contribution in [2.45, 2.75) is 39.2 Å². The normalized spacial score (nSPS) is 11.0. The molecular weight excluding hydrogens is 513 g/mol. The van der Waals surface area contributed by atoms with E-state index in [0.717, 1.165) is 23.0 Å². The summed E-state index contributed by atoms with van der Waals surface area (Å²) < 4.78 is 29.3. The maximum atomic E-state index is 13.5. The maximum Gasteiger partial charge on any atom is 0.305 e. The van der Waals surface area contributed by atoms with Gasteiger partial charge in [-0.25, -0.2) is 4.39 Å². The predicted molar refractivity (Wildman–Crippen MR) is 153 cm³/mol. The van der Waals surface area contributed by atoms with E-state index in [2.05, 4.69) is 5.32 Å². The zero-order valence-electron chi connectivity index (χ0n) is 23.6. The van der Waals surface area contributed by atoms with Gasteiger partial charge in [0.05, 0.1) is 18.3 Å². The van der Waals surface area contributed by atoms with Crippen LogP contribution in [0, 0.1) is 5.82 Å². The highest BCUT2D eigenvalue weighted by Crippen LogP contribution is 2.38. The smallest absolute Gasteiger partial charge is 0.305 e. The number of hydrogen-bond donors (Lipinski definition) is 1. The van der Waals surface area contributed by atoms with Crippen LogP contribution in [-0.2, 0) is 20.7 Å². The van der Waals surface area contributed by atoms with E-state index in [-0.39, 0.29) is 23.9 Å². The first kappa shape index (κ1) is 30.2. The van der Waals surface area contributed by atoms with Crippen molar-refractivity contribution in [1.29, 1.82) is 0 Å². The van der Waals surface area contributed by atoms with Crippen molar-refractivity contribution in [2.75, 3.05) is 21.3 Å². The molecule has 0 aliphatic heterocycles. The standard InChI is InChI=1S/C27H22FNO5.C5H12O/c1-29-27(32)25-22-14-21(18-5-3-4-16(12-18)15-30)19(8-11-24(31)33-2)13-23(22)34-26(25)17-6-9-20(28)10-7-17;1-5(2,3)6-4/h3-7,9-10,12-15H,8,11H2,1-2H3,(H,29,32);1-4H3. The molecule has 4 aromatic rings. The first-order valence-corrected chi connectivity index (χ1v) is 12.8. The quantitative estimate of drug-likeness (QED) is 0.207. The summed E-state index contributed by atoms with van der Waals surface area (Å²) in [5.74, 6) is -0.797. The van der Waals surface area contributed by atoms with E-state index in [1.165, 1.54) is 26.3 Å². The second-order valence-electron chi connectivity index (χ2n) is 10.0. The summed E-state index contributed by atoms with van der Waals surface area (Å²) in [6.07, 6.45) is 1.28. The minimum Gasteiger partial charge on any atom is -0.469 e. The van der Waals surface area contributed by atoms with E-state index >= 15 is 0 Å². The Kier molecular flexibility index (Phi) is 9.96. The van der Waals surface area contributed by atoms with Crippen LogP contribution in [0.15, 0.2) is 65.1 Å². The van der Waals surface area contributed by atoms with Crippen LogP contribution in [0.25, 0.3) is 33.4 Å². The molecule has 8 heteroatoms. The average Bonchev–Trinajstić information content (AvgIpc) is 3.33. The minimum absolute atomic E-state index is 0.0417. The summed E-state index contributed by atoms with van der Waals surface area (Å²) in [5.41, 5.74) is 4.18. The molecule has 40 heavy (non-hydrogen) atoms. The first-order valence-electron chi connectivity index (χ1n) is 12.8. The van der Waals surface area contributed by atoms with Crippen molar-refractivity contribution >= 4 is 29.1 Å². The zero-order valence-corrected chi connectivity index (χ0v) is 23.6. The van der Waals surface area contributed by atoms with E-state index < -0.39 is 5.82 Å². The summed E-state index contributed by atoms with van der Waals surface area (Å²) in [6.45, 7) is 6.06. The Morgan fingerprint density at radius 3 is 2.25 bits per heavy atom. The number of halogens is 1. The van der Waals surface area contributed by atoms with Crippen LogP contribution >= 0.6 is 0 Å². The van der Waals surface area contributed by atoms with Crippen molar-refractivity contribution in [3.63, 3.8) is 0 Å². The molecule has 0 saturated heterocycles. The van der Waals surface area contributed by atoms with Crippen LogP contribution in [0.2, 0.25) is 0 Å². The zero-order chi connectivity index (χ0) is 29.4. The van der Waals surface area contributed by atoms with Crippen LogP contribution < -0.4 is 5.32 Å². The Hall–Kier alpha value is -4.30. The second kappa shape index (κ2) is 13.2. The number of nitrogens with one attached hydrogen (secondary N) is 1. The molecule has 0 aliphatic carbocycles. The largest absolute Gasteiger partial charge is 0.469 e. The van der Waals surface area contributed by atoms with Crippen molar-refractivity contribution < 1.29 is 32.7 Å². The van der Waals surface area contributed by atoms with E-state index in [9.17, 15) is 18.8 Å². The molecule has 0 radical (unpaired) electrons.